The molecule has 0 heterocycles. The third-order valence-electron chi connectivity index (χ3n) is 1.28. The predicted octanol–water partition coefficient (Wildman–Crippen LogP) is -3.02. The molecule has 0 atom stereocenters. The molecule has 0 radical (unpaired) electrons. The van der Waals surface area contributed by atoms with Gasteiger partial charge in [-0.25, -0.2) is 0 Å². The Morgan fingerprint density at radius 2 is 0.733 bits per heavy atom. The van der Waals surface area contributed by atoms with Crippen LogP contribution in [0.3, 0.4) is 0 Å². The van der Waals surface area contributed by atoms with Crippen molar-refractivity contribution in [3.05, 3.63) is 0 Å². The molecule has 96 valence electrons. The topological polar surface area (TPSA) is 128 Å². The fraction of sp³-hybridized carbons (Fsp3) is 1.00. The SMILES string of the molecule is NCCNCCN.NCCNCCN.[Ru]. The zero-order valence-electron chi connectivity index (χ0n) is 9.32. The van der Waals surface area contributed by atoms with Gasteiger partial charge in [0.25, 0.3) is 0 Å². The summed E-state index contributed by atoms with van der Waals surface area (Å²) in [5, 5.41) is 6.07. The van der Waals surface area contributed by atoms with Crippen molar-refractivity contribution in [3.63, 3.8) is 0 Å². The summed E-state index contributed by atoms with van der Waals surface area (Å²) in [4.78, 5) is 0. The molecule has 0 rings (SSSR count). The molecule has 0 unspecified atom stereocenters. The molecule has 0 amide bonds. The maximum atomic E-state index is 5.17. The monoisotopic (exact) mass is 308 g/mol. The number of nitrogens with one attached hydrogen (secondary N) is 2. The number of hydrogen-bond donors (Lipinski definition) is 6. The van der Waals surface area contributed by atoms with Crippen molar-refractivity contribution in [2.45, 2.75) is 0 Å². The van der Waals surface area contributed by atoms with Crippen LogP contribution in [0.4, 0.5) is 0 Å². The van der Waals surface area contributed by atoms with Gasteiger partial charge in [-0.15, -0.1) is 0 Å². The molecule has 0 saturated heterocycles. The van der Waals surface area contributed by atoms with E-state index in [4.69, 9.17) is 22.9 Å². The first-order valence-electron chi connectivity index (χ1n) is 5.05. The maximum absolute atomic E-state index is 5.17. The average molecular weight is 307 g/mol. The normalized spacial score (nSPS) is 8.80. The van der Waals surface area contributed by atoms with Gasteiger partial charge in [-0.3, -0.25) is 0 Å². The van der Waals surface area contributed by atoms with Crippen molar-refractivity contribution < 1.29 is 19.5 Å². The van der Waals surface area contributed by atoms with Crippen LogP contribution in [-0.4, -0.2) is 52.4 Å². The van der Waals surface area contributed by atoms with Crippen LogP contribution in [0.5, 0.6) is 0 Å². The summed E-state index contributed by atoms with van der Waals surface area (Å²) >= 11 is 0. The van der Waals surface area contributed by atoms with E-state index in [9.17, 15) is 0 Å². The van der Waals surface area contributed by atoms with Crippen molar-refractivity contribution in [3.8, 4) is 0 Å². The van der Waals surface area contributed by atoms with Gasteiger partial charge < -0.3 is 33.6 Å². The summed E-state index contributed by atoms with van der Waals surface area (Å²) in [6.45, 7) is 6.27. The average Bonchev–Trinajstić information content (AvgIpc) is 2.21. The second kappa shape index (κ2) is 23.9. The molecule has 0 saturated carbocycles. The molecule has 0 spiro atoms. The second-order valence-electron chi connectivity index (χ2n) is 2.65. The van der Waals surface area contributed by atoms with Gasteiger partial charge in [0.15, 0.2) is 0 Å². The van der Waals surface area contributed by atoms with E-state index in [0.717, 1.165) is 26.2 Å². The third-order valence-corrected chi connectivity index (χ3v) is 1.28. The molecular formula is C8H26N6Ru. The minimum atomic E-state index is 0. The molecule has 7 heteroatoms. The summed E-state index contributed by atoms with van der Waals surface area (Å²) in [5.41, 5.74) is 20.7. The standard InChI is InChI=1S/2C4H13N3.Ru/c2*5-1-3-7-4-2-6;/h2*7H,1-6H2;. The molecule has 0 aliphatic carbocycles. The van der Waals surface area contributed by atoms with Gasteiger partial charge in [0, 0.05) is 71.8 Å². The number of hydrogen-bond acceptors (Lipinski definition) is 6. The molecule has 6 nitrogen and oxygen atoms in total. The van der Waals surface area contributed by atoms with E-state index in [-0.39, 0.29) is 19.5 Å². The van der Waals surface area contributed by atoms with E-state index < -0.39 is 0 Å². The Kier molecular flexibility index (Phi) is 33.1. The van der Waals surface area contributed by atoms with Crippen LogP contribution in [0.25, 0.3) is 0 Å². The van der Waals surface area contributed by atoms with Crippen molar-refractivity contribution in [2.24, 2.45) is 22.9 Å². The Labute approximate surface area is 106 Å². The molecule has 0 aliphatic heterocycles. The van der Waals surface area contributed by atoms with E-state index in [1.54, 1.807) is 0 Å². The van der Waals surface area contributed by atoms with Gasteiger partial charge in [-0.2, -0.15) is 0 Å². The first kappa shape index (κ1) is 20.8. The minimum Gasteiger partial charge on any atom is -0.329 e. The smallest absolute Gasteiger partial charge is 0.00750 e. The van der Waals surface area contributed by atoms with Crippen molar-refractivity contribution in [1.82, 2.24) is 10.6 Å². The molecule has 10 N–H and O–H groups in total. The minimum absolute atomic E-state index is 0. The molecular weight excluding hydrogens is 281 g/mol. The number of rotatable bonds is 8. The van der Waals surface area contributed by atoms with Gasteiger partial charge in [0.2, 0.25) is 0 Å². The van der Waals surface area contributed by atoms with Crippen LogP contribution < -0.4 is 33.6 Å². The van der Waals surface area contributed by atoms with E-state index in [2.05, 4.69) is 10.6 Å². The van der Waals surface area contributed by atoms with E-state index >= 15 is 0 Å². The molecule has 0 aromatic heterocycles. The van der Waals surface area contributed by atoms with Gasteiger partial charge >= 0.3 is 0 Å². The van der Waals surface area contributed by atoms with Crippen LogP contribution in [-0.2, 0) is 19.5 Å². The number of nitrogens with two attached hydrogens (primary N) is 4. The Morgan fingerprint density at radius 1 is 0.533 bits per heavy atom. The summed E-state index contributed by atoms with van der Waals surface area (Å²) < 4.78 is 0. The third kappa shape index (κ3) is 31.4. The van der Waals surface area contributed by atoms with E-state index in [0.29, 0.717) is 26.2 Å². The quantitative estimate of drug-likeness (QED) is 0.209. The molecule has 15 heavy (non-hydrogen) atoms. The Morgan fingerprint density at radius 3 is 0.867 bits per heavy atom. The zero-order chi connectivity index (χ0) is 11.1. The van der Waals surface area contributed by atoms with Crippen molar-refractivity contribution in [1.29, 1.82) is 0 Å². The van der Waals surface area contributed by atoms with Crippen LogP contribution in [0.2, 0.25) is 0 Å². The zero-order valence-corrected chi connectivity index (χ0v) is 11.1. The van der Waals surface area contributed by atoms with Crippen LogP contribution in [0.15, 0.2) is 0 Å². The molecule has 0 bridgehead atoms. The van der Waals surface area contributed by atoms with Crippen LogP contribution >= 0.6 is 0 Å². The largest absolute Gasteiger partial charge is 0.329 e. The summed E-state index contributed by atoms with van der Waals surface area (Å²) in [6, 6.07) is 0. The summed E-state index contributed by atoms with van der Waals surface area (Å²) in [7, 11) is 0. The first-order chi connectivity index (χ1) is 6.83. The van der Waals surface area contributed by atoms with Crippen molar-refractivity contribution >= 4 is 0 Å². The second-order valence-corrected chi connectivity index (χ2v) is 2.65. The fourth-order valence-corrected chi connectivity index (χ4v) is 0.658. The van der Waals surface area contributed by atoms with Gasteiger partial charge in [0.05, 0.1) is 0 Å². The summed E-state index contributed by atoms with van der Waals surface area (Å²) in [6.07, 6.45) is 0. The van der Waals surface area contributed by atoms with E-state index in [1.807, 2.05) is 0 Å². The molecule has 0 aliphatic rings. The Hall–Kier alpha value is 0.383. The molecule has 0 aromatic carbocycles. The van der Waals surface area contributed by atoms with Crippen molar-refractivity contribution in [2.75, 3.05) is 52.4 Å². The molecule has 0 fully saturated rings. The Bertz CT molecular complexity index is 67.5. The maximum Gasteiger partial charge on any atom is 0.00750 e. The van der Waals surface area contributed by atoms with E-state index in [1.165, 1.54) is 0 Å². The van der Waals surface area contributed by atoms with Crippen LogP contribution in [0, 0.1) is 0 Å². The van der Waals surface area contributed by atoms with Gasteiger partial charge in [-0.1, -0.05) is 0 Å². The van der Waals surface area contributed by atoms with Gasteiger partial charge in [0.1, 0.15) is 0 Å². The Balaban J connectivity index is -0.000000180. The van der Waals surface area contributed by atoms with Gasteiger partial charge in [-0.05, 0) is 0 Å². The van der Waals surface area contributed by atoms with Crippen LogP contribution in [0.1, 0.15) is 0 Å². The summed E-state index contributed by atoms with van der Waals surface area (Å²) in [5.74, 6) is 0. The fourth-order valence-electron chi connectivity index (χ4n) is 0.658. The first-order valence-corrected chi connectivity index (χ1v) is 5.05. The predicted molar refractivity (Wildman–Crippen MR) is 62.0 cm³/mol. The molecule has 0 aromatic rings.